The van der Waals surface area contributed by atoms with E-state index in [-0.39, 0.29) is 11.8 Å². The molecule has 1 aliphatic heterocycles. The summed E-state index contributed by atoms with van der Waals surface area (Å²) in [5.41, 5.74) is 4.14. The summed E-state index contributed by atoms with van der Waals surface area (Å²) in [5.74, 6) is 0.579. The summed E-state index contributed by atoms with van der Waals surface area (Å²) < 4.78 is 0. The number of carbonyl (C=O) groups is 1. The minimum atomic E-state index is 0.0326. The van der Waals surface area contributed by atoms with Crippen molar-refractivity contribution >= 4 is 11.6 Å². The fourth-order valence-corrected chi connectivity index (χ4v) is 2.61. The van der Waals surface area contributed by atoms with Crippen LogP contribution in [0.1, 0.15) is 12.5 Å². The summed E-state index contributed by atoms with van der Waals surface area (Å²) in [6.45, 7) is 5.89. The molecule has 3 rings (SSSR count). The van der Waals surface area contributed by atoms with E-state index in [0.29, 0.717) is 5.92 Å². The highest BCUT2D eigenvalue weighted by molar-refractivity contribution is 5.94. The first-order valence-corrected chi connectivity index (χ1v) is 7.68. The average Bonchev–Trinajstić information content (AvgIpc) is 2.48. The van der Waals surface area contributed by atoms with E-state index in [0.717, 1.165) is 35.5 Å². The number of aromatic nitrogens is 1. The van der Waals surface area contributed by atoms with Gasteiger partial charge in [-0.1, -0.05) is 19.1 Å². The van der Waals surface area contributed by atoms with Gasteiger partial charge in [-0.05, 0) is 60.8 Å². The molecule has 1 aromatic carbocycles. The molecule has 2 heterocycles. The molecule has 1 atom stereocenters. The van der Waals surface area contributed by atoms with Gasteiger partial charge in [-0.2, -0.15) is 0 Å². The van der Waals surface area contributed by atoms with Gasteiger partial charge in [0.25, 0.3) is 0 Å². The van der Waals surface area contributed by atoms with Crippen molar-refractivity contribution in [3.05, 3.63) is 48.3 Å². The van der Waals surface area contributed by atoms with Gasteiger partial charge in [-0.25, -0.2) is 0 Å². The van der Waals surface area contributed by atoms with Crippen LogP contribution >= 0.6 is 0 Å². The second-order valence-corrected chi connectivity index (χ2v) is 5.96. The van der Waals surface area contributed by atoms with Crippen molar-refractivity contribution < 1.29 is 4.79 Å². The summed E-state index contributed by atoms with van der Waals surface area (Å²) in [4.78, 5) is 16.4. The highest BCUT2D eigenvalue weighted by Gasteiger charge is 2.28. The first kappa shape index (κ1) is 14.7. The number of nitrogens with one attached hydrogen (secondary N) is 2. The van der Waals surface area contributed by atoms with Gasteiger partial charge in [-0.15, -0.1) is 0 Å². The SMILES string of the molecule is Cc1ccc(-c2ccncc2)cc1NC(=O)C(C)C1CNC1. The molecule has 22 heavy (non-hydrogen) atoms. The fourth-order valence-electron chi connectivity index (χ4n) is 2.61. The third-order valence-corrected chi connectivity index (χ3v) is 4.44. The fraction of sp³-hybridized carbons (Fsp3) is 0.333. The minimum absolute atomic E-state index is 0.0326. The molecule has 0 aliphatic carbocycles. The molecule has 0 radical (unpaired) electrons. The second-order valence-electron chi connectivity index (χ2n) is 5.96. The number of anilines is 1. The van der Waals surface area contributed by atoms with Crippen LogP contribution < -0.4 is 10.6 Å². The summed E-state index contributed by atoms with van der Waals surface area (Å²) in [7, 11) is 0. The zero-order valence-corrected chi connectivity index (χ0v) is 13.0. The van der Waals surface area contributed by atoms with E-state index in [1.807, 2.05) is 38.1 Å². The zero-order chi connectivity index (χ0) is 15.5. The zero-order valence-electron chi connectivity index (χ0n) is 13.0. The molecule has 0 spiro atoms. The lowest BCUT2D eigenvalue weighted by Gasteiger charge is -2.31. The molecule has 2 aromatic rings. The predicted octanol–water partition coefficient (Wildman–Crippen LogP) is 2.85. The standard InChI is InChI=1S/C18H21N3O/c1-12-3-4-15(14-5-7-19-8-6-14)9-17(12)21-18(22)13(2)16-10-20-11-16/h3-9,13,16,20H,10-11H2,1-2H3,(H,21,22). The average molecular weight is 295 g/mol. The normalized spacial score (nSPS) is 15.9. The lowest BCUT2D eigenvalue weighted by atomic mass is 9.88. The molecule has 1 fully saturated rings. The topological polar surface area (TPSA) is 54.0 Å². The van der Waals surface area contributed by atoms with Gasteiger partial charge in [-0.3, -0.25) is 9.78 Å². The van der Waals surface area contributed by atoms with Crippen molar-refractivity contribution in [2.24, 2.45) is 11.8 Å². The molecule has 4 heteroatoms. The highest BCUT2D eigenvalue weighted by atomic mass is 16.1. The third kappa shape index (κ3) is 3.02. The Labute approximate surface area is 131 Å². The van der Waals surface area contributed by atoms with Crippen molar-refractivity contribution in [2.75, 3.05) is 18.4 Å². The van der Waals surface area contributed by atoms with E-state index >= 15 is 0 Å². The first-order chi connectivity index (χ1) is 10.6. The third-order valence-electron chi connectivity index (χ3n) is 4.44. The van der Waals surface area contributed by atoms with Crippen LogP contribution in [0.3, 0.4) is 0 Å². The Hall–Kier alpha value is -2.20. The lowest BCUT2D eigenvalue weighted by Crippen LogP contribution is -2.48. The Kier molecular flexibility index (Phi) is 4.20. The van der Waals surface area contributed by atoms with E-state index < -0.39 is 0 Å². The maximum atomic E-state index is 12.4. The van der Waals surface area contributed by atoms with E-state index in [1.165, 1.54) is 0 Å². The number of hydrogen-bond acceptors (Lipinski definition) is 3. The van der Waals surface area contributed by atoms with E-state index in [9.17, 15) is 4.79 Å². The smallest absolute Gasteiger partial charge is 0.227 e. The van der Waals surface area contributed by atoms with Crippen LogP contribution in [0.5, 0.6) is 0 Å². The van der Waals surface area contributed by atoms with Gasteiger partial charge in [0.05, 0.1) is 0 Å². The summed E-state index contributed by atoms with van der Waals surface area (Å²) in [6, 6.07) is 10.1. The molecule has 1 saturated heterocycles. The van der Waals surface area contributed by atoms with Crippen molar-refractivity contribution in [3.8, 4) is 11.1 Å². The van der Waals surface area contributed by atoms with Crippen molar-refractivity contribution in [1.82, 2.24) is 10.3 Å². The van der Waals surface area contributed by atoms with Gasteiger partial charge < -0.3 is 10.6 Å². The van der Waals surface area contributed by atoms with E-state index in [4.69, 9.17) is 0 Å². The molecular formula is C18H21N3O. The van der Waals surface area contributed by atoms with Gasteiger partial charge in [0, 0.05) is 24.0 Å². The number of rotatable bonds is 4. The molecule has 1 amide bonds. The van der Waals surface area contributed by atoms with Crippen LogP contribution in [0.4, 0.5) is 5.69 Å². The van der Waals surface area contributed by atoms with E-state index in [2.05, 4.69) is 21.7 Å². The minimum Gasteiger partial charge on any atom is -0.326 e. The molecule has 0 saturated carbocycles. The molecule has 1 unspecified atom stereocenters. The molecular weight excluding hydrogens is 274 g/mol. The first-order valence-electron chi connectivity index (χ1n) is 7.68. The van der Waals surface area contributed by atoms with Gasteiger partial charge in [0.1, 0.15) is 0 Å². The van der Waals surface area contributed by atoms with Crippen LogP contribution in [-0.4, -0.2) is 24.0 Å². The van der Waals surface area contributed by atoms with Gasteiger partial charge in [0.2, 0.25) is 5.91 Å². The predicted molar refractivity (Wildman–Crippen MR) is 88.6 cm³/mol. The molecule has 2 N–H and O–H groups in total. The van der Waals surface area contributed by atoms with Gasteiger partial charge >= 0.3 is 0 Å². The summed E-state index contributed by atoms with van der Waals surface area (Å²) >= 11 is 0. The Morgan fingerprint density at radius 2 is 1.95 bits per heavy atom. The number of benzene rings is 1. The molecule has 114 valence electrons. The number of hydrogen-bond donors (Lipinski definition) is 2. The Morgan fingerprint density at radius 3 is 2.59 bits per heavy atom. The number of carbonyl (C=O) groups excluding carboxylic acids is 1. The maximum absolute atomic E-state index is 12.4. The quantitative estimate of drug-likeness (QED) is 0.912. The Morgan fingerprint density at radius 1 is 1.23 bits per heavy atom. The summed E-state index contributed by atoms with van der Waals surface area (Å²) in [6.07, 6.45) is 3.55. The van der Waals surface area contributed by atoms with Crippen molar-refractivity contribution in [2.45, 2.75) is 13.8 Å². The second kappa shape index (κ2) is 6.28. The molecule has 1 aliphatic rings. The molecule has 1 aromatic heterocycles. The monoisotopic (exact) mass is 295 g/mol. The number of aryl methyl sites for hydroxylation is 1. The highest BCUT2D eigenvalue weighted by Crippen LogP contribution is 2.26. The van der Waals surface area contributed by atoms with Crippen LogP contribution in [0.15, 0.2) is 42.7 Å². The number of nitrogens with zero attached hydrogens (tertiary/aromatic N) is 1. The van der Waals surface area contributed by atoms with Crippen LogP contribution in [-0.2, 0) is 4.79 Å². The van der Waals surface area contributed by atoms with Gasteiger partial charge in [0.15, 0.2) is 0 Å². The number of pyridine rings is 1. The Balaban J connectivity index is 1.79. The summed E-state index contributed by atoms with van der Waals surface area (Å²) in [5, 5.41) is 6.30. The van der Waals surface area contributed by atoms with E-state index in [1.54, 1.807) is 12.4 Å². The maximum Gasteiger partial charge on any atom is 0.227 e. The Bertz CT molecular complexity index is 665. The van der Waals surface area contributed by atoms with Crippen molar-refractivity contribution in [1.29, 1.82) is 0 Å². The van der Waals surface area contributed by atoms with Crippen LogP contribution in [0.25, 0.3) is 11.1 Å². The van der Waals surface area contributed by atoms with Crippen molar-refractivity contribution in [3.63, 3.8) is 0 Å². The largest absolute Gasteiger partial charge is 0.326 e. The van der Waals surface area contributed by atoms with Crippen LogP contribution in [0, 0.1) is 18.8 Å². The number of amides is 1. The molecule has 0 bridgehead atoms. The molecule has 4 nitrogen and oxygen atoms in total. The van der Waals surface area contributed by atoms with Crippen LogP contribution in [0.2, 0.25) is 0 Å². The lowest BCUT2D eigenvalue weighted by molar-refractivity contribution is -0.121.